The van der Waals surface area contributed by atoms with Crippen LogP contribution < -0.4 is 9.64 Å². The molecule has 1 heterocycles. The maximum atomic E-state index is 13.6. The summed E-state index contributed by atoms with van der Waals surface area (Å²) in [6.07, 6.45) is 0.0576. The van der Waals surface area contributed by atoms with Crippen LogP contribution in [-0.4, -0.2) is 39.2 Å². The molecule has 5 nitrogen and oxygen atoms in total. The Balaban J connectivity index is 2.08. The lowest BCUT2D eigenvalue weighted by Crippen LogP contribution is -2.34. The molecule has 1 amide bonds. The van der Waals surface area contributed by atoms with Crippen LogP contribution in [0, 0.1) is 0 Å². The van der Waals surface area contributed by atoms with Crippen molar-refractivity contribution in [3.05, 3.63) is 52.5 Å². The van der Waals surface area contributed by atoms with Crippen molar-refractivity contribution in [1.29, 1.82) is 0 Å². The largest absolute Gasteiger partial charge is 0.484 e. The topological polar surface area (TPSA) is 63.7 Å². The fourth-order valence-corrected chi connectivity index (χ4v) is 4.00. The Kier molecular flexibility index (Phi) is 5.62. The molecule has 1 aliphatic rings. The lowest BCUT2D eigenvalue weighted by molar-refractivity contribution is -0.0719. The van der Waals surface area contributed by atoms with Gasteiger partial charge in [-0.25, -0.2) is 17.2 Å². The second kappa shape index (κ2) is 7.57. The smallest absolute Gasteiger partial charge is 0.281 e. The van der Waals surface area contributed by atoms with Crippen LogP contribution >= 0.6 is 11.6 Å². The molecule has 0 saturated heterocycles. The summed E-state index contributed by atoms with van der Waals surface area (Å²) in [4.78, 5) is 14.6. The average Bonchev–Trinajstić information content (AvgIpc) is 3.05. The number of hydrogen-bond donors (Lipinski definition) is 0. The van der Waals surface area contributed by atoms with Gasteiger partial charge in [0.2, 0.25) is 0 Å². The highest BCUT2D eigenvalue weighted by molar-refractivity contribution is 7.90. The van der Waals surface area contributed by atoms with Gasteiger partial charge < -0.3 is 9.64 Å². The number of benzene rings is 2. The van der Waals surface area contributed by atoms with E-state index >= 15 is 0 Å². The molecule has 0 radical (unpaired) electrons. The summed E-state index contributed by atoms with van der Waals surface area (Å²) >= 11 is 6.26. The summed E-state index contributed by atoms with van der Waals surface area (Å²) in [6.45, 7) is 2.22. The average molecular weight is 444 g/mol. The Morgan fingerprint density at radius 3 is 2.59 bits per heavy atom. The molecule has 1 aliphatic heterocycles. The third-order valence-electron chi connectivity index (χ3n) is 4.82. The first-order valence-corrected chi connectivity index (χ1v) is 11.1. The standard InChI is InChI=1S/C20H20ClF2NO4S/c1-12(20(2,22)23)28-17-8-7-14(29(3,26)27)11-15(17)19(25)24-10-9-13-5-4-6-16(21)18(13)24/h4-8,11-12H,9-10H2,1-3H3/t12-/m0/s1. The zero-order valence-corrected chi connectivity index (χ0v) is 17.7. The quantitative estimate of drug-likeness (QED) is 0.688. The van der Waals surface area contributed by atoms with E-state index in [4.69, 9.17) is 16.3 Å². The summed E-state index contributed by atoms with van der Waals surface area (Å²) in [5.41, 5.74) is 1.29. The summed E-state index contributed by atoms with van der Waals surface area (Å²) in [5.74, 6) is -3.83. The highest BCUT2D eigenvalue weighted by Crippen LogP contribution is 2.37. The molecule has 0 spiro atoms. The Bertz CT molecular complexity index is 1070. The van der Waals surface area contributed by atoms with E-state index in [1.807, 2.05) is 6.07 Å². The molecular formula is C20H20ClF2NO4S. The van der Waals surface area contributed by atoms with Crippen molar-refractivity contribution in [3.8, 4) is 5.75 Å². The molecule has 0 N–H and O–H groups in total. The van der Waals surface area contributed by atoms with E-state index in [-0.39, 0.29) is 16.2 Å². The number of para-hydroxylation sites is 1. The van der Waals surface area contributed by atoms with Gasteiger partial charge in [0.05, 0.1) is 21.2 Å². The maximum absolute atomic E-state index is 13.6. The first kappa shape index (κ1) is 21.5. The molecule has 0 bridgehead atoms. The number of rotatable bonds is 5. The molecule has 0 fully saturated rings. The summed E-state index contributed by atoms with van der Waals surface area (Å²) < 4.78 is 56.5. The Morgan fingerprint density at radius 1 is 1.28 bits per heavy atom. The molecule has 2 aromatic rings. The van der Waals surface area contributed by atoms with E-state index in [1.165, 1.54) is 24.0 Å². The molecule has 0 aliphatic carbocycles. The first-order chi connectivity index (χ1) is 13.4. The van der Waals surface area contributed by atoms with E-state index < -0.39 is 27.8 Å². The molecule has 156 valence electrons. The number of ether oxygens (including phenoxy) is 1. The molecule has 3 rings (SSSR count). The number of carbonyl (C=O) groups excluding carboxylic acids is 1. The minimum atomic E-state index is -3.63. The van der Waals surface area contributed by atoms with Gasteiger partial charge in [-0.05, 0) is 43.2 Å². The van der Waals surface area contributed by atoms with E-state index in [1.54, 1.807) is 12.1 Å². The normalized spacial score (nSPS) is 15.2. The second-order valence-corrected chi connectivity index (χ2v) is 9.52. The minimum Gasteiger partial charge on any atom is -0.484 e. The number of carbonyl (C=O) groups is 1. The fraction of sp³-hybridized carbons (Fsp3) is 0.350. The van der Waals surface area contributed by atoms with Crippen LogP contribution in [0.2, 0.25) is 5.02 Å². The SMILES string of the molecule is C[C@H](Oc1ccc(S(C)(=O)=O)cc1C(=O)N1CCc2cccc(Cl)c21)C(C)(F)F. The van der Waals surface area contributed by atoms with E-state index in [2.05, 4.69) is 0 Å². The van der Waals surface area contributed by atoms with Crippen molar-refractivity contribution in [2.24, 2.45) is 0 Å². The number of fused-ring (bicyclic) bond motifs is 1. The molecule has 0 aromatic heterocycles. The predicted octanol–water partition coefficient (Wildman–Crippen LogP) is 4.37. The van der Waals surface area contributed by atoms with Gasteiger partial charge in [0.15, 0.2) is 15.9 Å². The summed E-state index contributed by atoms with van der Waals surface area (Å²) in [7, 11) is -3.63. The third-order valence-corrected chi connectivity index (χ3v) is 6.23. The van der Waals surface area contributed by atoms with Crippen LogP contribution in [0.25, 0.3) is 0 Å². The van der Waals surface area contributed by atoms with Gasteiger partial charge in [0.1, 0.15) is 5.75 Å². The molecule has 29 heavy (non-hydrogen) atoms. The van der Waals surface area contributed by atoms with Gasteiger partial charge in [-0.15, -0.1) is 0 Å². The van der Waals surface area contributed by atoms with Gasteiger partial charge in [-0.3, -0.25) is 4.79 Å². The molecule has 0 saturated carbocycles. The number of anilines is 1. The van der Waals surface area contributed by atoms with E-state index in [9.17, 15) is 22.0 Å². The lowest BCUT2D eigenvalue weighted by atomic mass is 10.1. The van der Waals surface area contributed by atoms with Gasteiger partial charge in [-0.1, -0.05) is 23.7 Å². The second-order valence-electron chi connectivity index (χ2n) is 7.10. The monoisotopic (exact) mass is 443 g/mol. The molecule has 2 aromatic carbocycles. The Hall–Kier alpha value is -2.19. The number of hydrogen-bond acceptors (Lipinski definition) is 4. The highest BCUT2D eigenvalue weighted by Gasteiger charge is 2.35. The minimum absolute atomic E-state index is 0.109. The van der Waals surface area contributed by atoms with E-state index in [0.29, 0.717) is 30.6 Å². The van der Waals surface area contributed by atoms with Crippen molar-refractivity contribution in [1.82, 2.24) is 0 Å². The van der Waals surface area contributed by atoms with Crippen molar-refractivity contribution in [2.75, 3.05) is 17.7 Å². The van der Waals surface area contributed by atoms with Crippen molar-refractivity contribution < 1.29 is 26.7 Å². The van der Waals surface area contributed by atoms with E-state index in [0.717, 1.165) is 17.9 Å². The van der Waals surface area contributed by atoms with Crippen LogP contribution in [0.5, 0.6) is 5.75 Å². The zero-order valence-electron chi connectivity index (χ0n) is 16.1. The number of alkyl halides is 2. The van der Waals surface area contributed by atoms with Crippen LogP contribution in [0.1, 0.15) is 29.8 Å². The van der Waals surface area contributed by atoms with Crippen LogP contribution in [0.3, 0.4) is 0 Å². The zero-order chi connectivity index (χ0) is 21.6. The van der Waals surface area contributed by atoms with Gasteiger partial charge in [0.25, 0.3) is 11.8 Å². The molecular weight excluding hydrogens is 424 g/mol. The van der Waals surface area contributed by atoms with Crippen LogP contribution in [0.4, 0.5) is 14.5 Å². The third kappa shape index (κ3) is 4.38. The van der Waals surface area contributed by atoms with Crippen molar-refractivity contribution in [3.63, 3.8) is 0 Å². The van der Waals surface area contributed by atoms with Crippen molar-refractivity contribution in [2.45, 2.75) is 37.2 Å². The molecule has 9 heteroatoms. The van der Waals surface area contributed by atoms with Crippen molar-refractivity contribution >= 4 is 33.0 Å². The predicted molar refractivity (Wildman–Crippen MR) is 107 cm³/mol. The van der Waals surface area contributed by atoms with Crippen LogP contribution in [0.15, 0.2) is 41.3 Å². The van der Waals surface area contributed by atoms with Gasteiger partial charge in [-0.2, -0.15) is 0 Å². The summed E-state index contributed by atoms with van der Waals surface area (Å²) in [5, 5.41) is 0.378. The number of halogens is 3. The molecule has 1 atom stereocenters. The highest BCUT2D eigenvalue weighted by atomic mass is 35.5. The molecule has 0 unspecified atom stereocenters. The number of amides is 1. The fourth-order valence-electron chi connectivity index (χ4n) is 3.06. The van der Waals surface area contributed by atoms with Crippen LogP contribution in [-0.2, 0) is 16.3 Å². The Labute approximate surface area is 173 Å². The first-order valence-electron chi connectivity index (χ1n) is 8.87. The maximum Gasteiger partial charge on any atom is 0.281 e. The lowest BCUT2D eigenvalue weighted by Gasteiger charge is -2.24. The Morgan fingerprint density at radius 2 is 1.97 bits per heavy atom. The number of sulfone groups is 1. The van der Waals surface area contributed by atoms with Gasteiger partial charge in [0, 0.05) is 19.7 Å². The van der Waals surface area contributed by atoms with Gasteiger partial charge >= 0.3 is 0 Å². The summed E-state index contributed by atoms with van der Waals surface area (Å²) in [6, 6.07) is 8.89. The number of nitrogens with zero attached hydrogens (tertiary/aromatic N) is 1.